The lowest BCUT2D eigenvalue weighted by Gasteiger charge is -2.25. The van der Waals surface area contributed by atoms with Crippen LogP contribution in [0.25, 0.3) is 65.7 Å². The van der Waals surface area contributed by atoms with Crippen LogP contribution in [0.15, 0.2) is 190 Å². The molecule has 1 unspecified atom stereocenters. The van der Waals surface area contributed by atoms with Gasteiger partial charge in [-0.1, -0.05) is 152 Å². The second-order valence-corrected chi connectivity index (χ2v) is 13.0. The first-order valence-electron chi connectivity index (χ1n) is 17.3. The summed E-state index contributed by atoms with van der Waals surface area (Å²) in [6, 6.07) is 61.7. The van der Waals surface area contributed by atoms with Crippen molar-refractivity contribution in [2.75, 3.05) is 0 Å². The number of amidine groups is 2. The summed E-state index contributed by atoms with van der Waals surface area (Å²) in [4.78, 5) is 10.4. The lowest BCUT2D eigenvalue weighted by Crippen LogP contribution is -2.33. The molecule has 0 saturated carbocycles. The Morgan fingerprint density at radius 1 is 0.451 bits per heavy atom. The molecule has 9 aromatic rings. The monoisotopic (exact) mass is 653 g/mol. The second kappa shape index (κ2) is 12.0. The first-order chi connectivity index (χ1) is 25.2. The molecular formula is C47H31N3O. The summed E-state index contributed by atoms with van der Waals surface area (Å²) < 4.78 is 6.56. The minimum atomic E-state index is -0.425. The zero-order chi connectivity index (χ0) is 33.7. The van der Waals surface area contributed by atoms with Crippen molar-refractivity contribution in [2.45, 2.75) is 6.17 Å². The molecule has 4 heteroatoms. The van der Waals surface area contributed by atoms with E-state index in [1.807, 2.05) is 30.3 Å². The topological polar surface area (TPSA) is 49.9 Å². The van der Waals surface area contributed by atoms with Gasteiger partial charge < -0.3 is 9.73 Å². The van der Waals surface area contributed by atoms with Gasteiger partial charge in [-0.2, -0.15) is 0 Å². The van der Waals surface area contributed by atoms with Crippen LogP contribution in [0.4, 0.5) is 0 Å². The Labute approximate surface area is 295 Å². The minimum absolute atomic E-state index is 0.425. The maximum Gasteiger partial charge on any atom is 0.159 e. The van der Waals surface area contributed by atoms with Gasteiger partial charge in [0, 0.05) is 27.5 Å². The molecule has 51 heavy (non-hydrogen) atoms. The fourth-order valence-corrected chi connectivity index (χ4v) is 7.40. The van der Waals surface area contributed by atoms with Crippen LogP contribution < -0.4 is 5.32 Å². The number of furan rings is 1. The van der Waals surface area contributed by atoms with Gasteiger partial charge in [-0.3, -0.25) is 0 Å². The van der Waals surface area contributed by atoms with E-state index in [9.17, 15) is 0 Å². The minimum Gasteiger partial charge on any atom is -0.456 e. The average molecular weight is 654 g/mol. The molecule has 0 fully saturated rings. The number of fused-ring (bicyclic) bond motifs is 5. The molecule has 0 amide bonds. The molecule has 1 aliphatic rings. The predicted octanol–water partition coefficient (Wildman–Crippen LogP) is 11.7. The average Bonchev–Trinajstić information content (AvgIpc) is 3.59. The fourth-order valence-electron chi connectivity index (χ4n) is 7.40. The highest BCUT2D eigenvalue weighted by molar-refractivity contribution is 6.14. The first-order valence-corrected chi connectivity index (χ1v) is 17.3. The fraction of sp³-hybridized carbons (Fsp3) is 0.0213. The van der Waals surface area contributed by atoms with Crippen molar-refractivity contribution in [2.24, 2.45) is 9.98 Å². The van der Waals surface area contributed by atoms with Crippen molar-refractivity contribution in [3.05, 3.63) is 193 Å². The molecule has 2 heterocycles. The lowest BCUT2D eigenvalue weighted by molar-refractivity contribution is 0.662. The lowest BCUT2D eigenvalue weighted by atomic mass is 9.93. The molecule has 8 aromatic carbocycles. The predicted molar refractivity (Wildman–Crippen MR) is 211 cm³/mol. The van der Waals surface area contributed by atoms with E-state index in [4.69, 9.17) is 14.4 Å². The van der Waals surface area contributed by atoms with Crippen molar-refractivity contribution in [3.8, 4) is 22.3 Å². The van der Waals surface area contributed by atoms with E-state index in [-0.39, 0.29) is 0 Å². The molecule has 0 aliphatic carbocycles. The molecular weight excluding hydrogens is 623 g/mol. The summed E-state index contributed by atoms with van der Waals surface area (Å²) in [7, 11) is 0. The number of nitrogens with one attached hydrogen (secondary N) is 1. The Kier molecular flexibility index (Phi) is 6.85. The van der Waals surface area contributed by atoms with Crippen LogP contribution >= 0.6 is 0 Å². The standard InChI is InChI=1S/C47H31N3O/c1-2-13-33(14-3-1)45-48-46(34-24-21-31(22-25-34)36-26-23-30-11-4-5-15-35(30)27-36)50-47(49-45)41-28-37(39-19-10-16-32-12-6-7-17-38(32)39)29-43-44(41)40-18-8-9-20-42(40)51-43/h1-29,47H,(H,48,49,50). The molecule has 1 aliphatic heterocycles. The summed E-state index contributed by atoms with van der Waals surface area (Å²) >= 11 is 0. The van der Waals surface area contributed by atoms with E-state index in [0.717, 1.165) is 61.2 Å². The molecule has 0 spiro atoms. The normalized spacial score (nSPS) is 14.5. The van der Waals surface area contributed by atoms with Crippen molar-refractivity contribution in [3.63, 3.8) is 0 Å². The summed E-state index contributed by atoms with van der Waals surface area (Å²) in [5.41, 5.74) is 9.25. The van der Waals surface area contributed by atoms with Gasteiger partial charge in [-0.15, -0.1) is 0 Å². The van der Waals surface area contributed by atoms with Crippen LogP contribution in [0.2, 0.25) is 0 Å². The van der Waals surface area contributed by atoms with Gasteiger partial charge in [0.25, 0.3) is 0 Å². The van der Waals surface area contributed by atoms with Crippen molar-refractivity contribution in [1.29, 1.82) is 0 Å². The molecule has 10 rings (SSSR count). The first kappa shape index (κ1) is 29.2. The smallest absolute Gasteiger partial charge is 0.159 e. The summed E-state index contributed by atoms with van der Waals surface area (Å²) in [5.74, 6) is 1.46. The van der Waals surface area contributed by atoms with Gasteiger partial charge in [0.15, 0.2) is 5.84 Å². The van der Waals surface area contributed by atoms with Crippen LogP contribution in [0, 0.1) is 0 Å². The Balaban J connectivity index is 1.12. The molecule has 240 valence electrons. The highest BCUT2D eigenvalue weighted by Crippen LogP contribution is 2.40. The van der Waals surface area contributed by atoms with Crippen LogP contribution in [-0.2, 0) is 0 Å². The van der Waals surface area contributed by atoms with Crippen LogP contribution in [0.5, 0.6) is 0 Å². The van der Waals surface area contributed by atoms with Gasteiger partial charge in [0.05, 0.1) is 0 Å². The Morgan fingerprint density at radius 3 is 2.00 bits per heavy atom. The maximum atomic E-state index is 6.56. The third-order valence-electron chi connectivity index (χ3n) is 9.92. The second-order valence-electron chi connectivity index (χ2n) is 13.0. The number of para-hydroxylation sites is 1. The van der Waals surface area contributed by atoms with E-state index >= 15 is 0 Å². The largest absolute Gasteiger partial charge is 0.456 e. The van der Waals surface area contributed by atoms with Gasteiger partial charge in [0.1, 0.15) is 23.2 Å². The van der Waals surface area contributed by atoms with Gasteiger partial charge >= 0.3 is 0 Å². The van der Waals surface area contributed by atoms with Crippen molar-refractivity contribution >= 4 is 55.2 Å². The Morgan fingerprint density at radius 2 is 1.14 bits per heavy atom. The highest BCUT2D eigenvalue weighted by Gasteiger charge is 2.26. The summed E-state index contributed by atoms with van der Waals surface area (Å²) in [5, 5.41) is 10.7. The van der Waals surface area contributed by atoms with Gasteiger partial charge in [-0.05, 0) is 68.1 Å². The molecule has 1 atom stereocenters. The van der Waals surface area contributed by atoms with Gasteiger partial charge in [0.2, 0.25) is 0 Å². The van der Waals surface area contributed by atoms with Crippen LogP contribution in [0.3, 0.4) is 0 Å². The van der Waals surface area contributed by atoms with Gasteiger partial charge in [-0.25, -0.2) is 9.98 Å². The third-order valence-corrected chi connectivity index (χ3v) is 9.92. The number of hydrogen-bond acceptors (Lipinski definition) is 4. The summed E-state index contributed by atoms with van der Waals surface area (Å²) in [6.45, 7) is 0. The van der Waals surface area contributed by atoms with E-state index in [0.29, 0.717) is 5.84 Å². The molecule has 0 bridgehead atoms. The molecule has 1 N–H and O–H groups in total. The molecule has 4 nitrogen and oxygen atoms in total. The van der Waals surface area contributed by atoms with Crippen LogP contribution in [0.1, 0.15) is 22.9 Å². The Bertz CT molecular complexity index is 2820. The zero-order valence-electron chi connectivity index (χ0n) is 27.6. The highest BCUT2D eigenvalue weighted by atomic mass is 16.3. The number of benzene rings is 8. The van der Waals surface area contributed by atoms with E-state index < -0.39 is 6.17 Å². The van der Waals surface area contributed by atoms with E-state index in [1.165, 1.54) is 27.1 Å². The van der Waals surface area contributed by atoms with Crippen molar-refractivity contribution in [1.82, 2.24) is 5.32 Å². The summed E-state index contributed by atoms with van der Waals surface area (Å²) in [6.07, 6.45) is -0.425. The van der Waals surface area contributed by atoms with Crippen molar-refractivity contribution < 1.29 is 4.42 Å². The third kappa shape index (κ3) is 5.17. The number of hydrogen-bond donors (Lipinski definition) is 1. The van der Waals surface area contributed by atoms with Crippen LogP contribution in [-0.4, -0.2) is 11.7 Å². The number of aliphatic imine (C=N–C) groups is 2. The van der Waals surface area contributed by atoms with E-state index in [1.54, 1.807) is 0 Å². The quantitative estimate of drug-likeness (QED) is 0.201. The number of nitrogens with zero attached hydrogens (tertiary/aromatic N) is 2. The SMILES string of the molecule is c1ccc(C2=NC(c3cc(-c4cccc5ccccc45)cc4oc5ccccc5c34)NC(c3ccc(-c4ccc5ccccc5c4)cc3)=N2)cc1. The maximum absolute atomic E-state index is 6.56. The molecule has 1 aromatic heterocycles. The molecule has 0 saturated heterocycles. The van der Waals surface area contributed by atoms with E-state index in [2.05, 4.69) is 151 Å². The molecule has 0 radical (unpaired) electrons. The Hall–Kier alpha value is -6.78. The zero-order valence-corrected chi connectivity index (χ0v) is 27.6. The number of rotatable bonds is 5.